The number of carboxylic acid groups (broad SMARTS) is 1. The van der Waals surface area contributed by atoms with Gasteiger partial charge in [-0.05, 0) is 47.0 Å². The van der Waals surface area contributed by atoms with Crippen LogP contribution in [0.4, 0.5) is 5.69 Å². The molecule has 4 rings (SSSR count). The minimum atomic E-state index is -1.15. The monoisotopic (exact) mass is 457 g/mol. The molecule has 0 fully saturated rings. The Kier molecular flexibility index (Phi) is 5.70. The van der Waals surface area contributed by atoms with Crippen molar-refractivity contribution in [2.45, 2.75) is 0 Å². The fourth-order valence-corrected chi connectivity index (χ4v) is 3.62. The summed E-state index contributed by atoms with van der Waals surface area (Å²) in [6.45, 7) is -0.391. The van der Waals surface area contributed by atoms with Gasteiger partial charge in [0.2, 0.25) is 5.82 Å². The van der Waals surface area contributed by atoms with Crippen LogP contribution in [0.15, 0.2) is 48.5 Å². The average Bonchev–Trinajstić information content (AvgIpc) is 3.26. The quantitative estimate of drug-likeness (QED) is 0.398. The second-order valence-electron chi connectivity index (χ2n) is 6.38. The molecule has 0 spiro atoms. The van der Waals surface area contributed by atoms with Gasteiger partial charge in [-0.25, -0.2) is 4.79 Å². The summed E-state index contributed by atoms with van der Waals surface area (Å²) in [6.07, 6.45) is 0. The fourth-order valence-electron chi connectivity index (χ4n) is 3.02. The van der Waals surface area contributed by atoms with Gasteiger partial charge in [0.15, 0.2) is 6.61 Å². The Morgan fingerprint density at radius 2 is 1.94 bits per heavy atom. The van der Waals surface area contributed by atoms with Crippen LogP contribution in [0, 0.1) is 0 Å². The number of nitrogens with one attached hydrogen (secondary N) is 2. The van der Waals surface area contributed by atoms with E-state index in [0.29, 0.717) is 32.9 Å². The normalized spacial score (nSPS) is 10.8. The number of rotatable bonds is 6. The zero-order valence-corrected chi connectivity index (χ0v) is 17.1. The van der Waals surface area contributed by atoms with Crippen molar-refractivity contribution in [3.05, 3.63) is 64.1 Å². The molecule has 0 aliphatic carbocycles. The molecule has 156 valence electrons. The van der Waals surface area contributed by atoms with Gasteiger partial charge in [0.1, 0.15) is 5.75 Å². The van der Waals surface area contributed by atoms with Crippen molar-refractivity contribution >= 4 is 51.5 Å². The number of aromatic carboxylic acids is 1. The van der Waals surface area contributed by atoms with Gasteiger partial charge in [-0.3, -0.25) is 4.79 Å². The third-order valence-electron chi connectivity index (χ3n) is 4.32. The van der Waals surface area contributed by atoms with Crippen LogP contribution < -0.4 is 10.1 Å². The molecule has 4 aromatic rings. The van der Waals surface area contributed by atoms with Crippen LogP contribution in [-0.2, 0) is 4.79 Å². The molecule has 1 aromatic heterocycles. The van der Waals surface area contributed by atoms with Gasteiger partial charge in [0.25, 0.3) is 5.91 Å². The number of ether oxygens (including phenoxy) is 1. The molecule has 0 bridgehead atoms. The number of hydrogen-bond acceptors (Lipinski definition) is 6. The lowest BCUT2D eigenvalue weighted by Gasteiger charge is -2.13. The maximum Gasteiger partial charge on any atom is 0.335 e. The van der Waals surface area contributed by atoms with Crippen LogP contribution in [0.5, 0.6) is 5.75 Å². The highest BCUT2D eigenvalue weighted by Crippen LogP contribution is 2.36. The Hall–Kier alpha value is -3.69. The number of para-hydroxylation sites is 1. The van der Waals surface area contributed by atoms with E-state index in [1.807, 2.05) is 0 Å². The number of carbonyl (C=O) groups excluding carboxylic acids is 1. The van der Waals surface area contributed by atoms with E-state index >= 15 is 0 Å². The molecule has 0 radical (unpaired) electrons. The van der Waals surface area contributed by atoms with E-state index in [4.69, 9.17) is 27.9 Å². The first-order valence-electron chi connectivity index (χ1n) is 8.84. The van der Waals surface area contributed by atoms with E-state index in [0.717, 1.165) is 0 Å². The number of carboxylic acids is 1. The maximum atomic E-state index is 12.5. The molecule has 1 amide bonds. The number of halogens is 2. The van der Waals surface area contributed by atoms with Crippen molar-refractivity contribution in [2.75, 3.05) is 11.9 Å². The summed E-state index contributed by atoms with van der Waals surface area (Å²) in [7, 11) is 0. The Balaban J connectivity index is 1.59. The Morgan fingerprint density at radius 3 is 2.68 bits per heavy atom. The average molecular weight is 458 g/mol. The number of hydrogen-bond donors (Lipinski definition) is 3. The molecule has 0 aliphatic heterocycles. The highest BCUT2D eigenvalue weighted by molar-refractivity contribution is 6.39. The van der Waals surface area contributed by atoms with Gasteiger partial charge in [-0.2, -0.15) is 5.21 Å². The number of anilines is 1. The van der Waals surface area contributed by atoms with Crippen molar-refractivity contribution in [1.82, 2.24) is 20.6 Å². The second kappa shape index (κ2) is 8.58. The third kappa shape index (κ3) is 4.42. The zero-order chi connectivity index (χ0) is 22.0. The summed E-state index contributed by atoms with van der Waals surface area (Å²) < 4.78 is 5.64. The Bertz CT molecular complexity index is 1290. The minimum absolute atomic E-state index is 0.0244. The molecular formula is C20H13Cl2N5O4. The van der Waals surface area contributed by atoms with Crippen molar-refractivity contribution in [3.63, 3.8) is 0 Å². The van der Waals surface area contributed by atoms with Crippen LogP contribution in [0.1, 0.15) is 10.4 Å². The van der Waals surface area contributed by atoms with Gasteiger partial charge in [0.05, 0.1) is 16.3 Å². The molecule has 3 N–H and O–H groups in total. The van der Waals surface area contributed by atoms with Crippen molar-refractivity contribution in [1.29, 1.82) is 0 Å². The number of carbonyl (C=O) groups is 2. The molecular weight excluding hydrogens is 445 g/mol. The highest BCUT2D eigenvalue weighted by atomic mass is 35.5. The number of aromatic nitrogens is 4. The number of amides is 1. The van der Waals surface area contributed by atoms with E-state index in [2.05, 4.69) is 25.9 Å². The van der Waals surface area contributed by atoms with Crippen LogP contribution >= 0.6 is 23.2 Å². The van der Waals surface area contributed by atoms with Crippen molar-refractivity contribution in [3.8, 4) is 17.1 Å². The molecule has 0 unspecified atom stereocenters. The van der Waals surface area contributed by atoms with E-state index in [1.165, 1.54) is 18.2 Å². The summed E-state index contributed by atoms with van der Waals surface area (Å²) in [6, 6.07) is 12.8. The van der Waals surface area contributed by atoms with Crippen LogP contribution in [0.25, 0.3) is 22.2 Å². The molecule has 0 atom stereocenters. The molecule has 1 heterocycles. The van der Waals surface area contributed by atoms with E-state index in [-0.39, 0.29) is 16.3 Å². The standard InChI is InChI=1S/C20H13Cl2N5O4/c21-12-6-10-5-11(20(29)30)7-16(18(10)14(22)8-12)31-9-17(28)23-15-4-2-1-3-13(15)19-24-26-27-25-19/h1-8H,9H2,(H,23,28)(H,29,30)(H,24,25,26,27). The smallest absolute Gasteiger partial charge is 0.335 e. The summed E-state index contributed by atoms with van der Waals surface area (Å²) in [5.74, 6) is -1.16. The predicted molar refractivity (Wildman–Crippen MR) is 115 cm³/mol. The first-order chi connectivity index (χ1) is 14.9. The van der Waals surface area contributed by atoms with E-state index in [9.17, 15) is 14.7 Å². The number of aromatic amines is 1. The molecule has 31 heavy (non-hydrogen) atoms. The first kappa shape index (κ1) is 20.6. The second-order valence-corrected chi connectivity index (χ2v) is 7.23. The van der Waals surface area contributed by atoms with Gasteiger partial charge < -0.3 is 15.2 Å². The Labute approximate surface area is 184 Å². The summed E-state index contributed by atoms with van der Waals surface area (Å²) >= 11 is 12.3. The third-order valence-corrected chi connectivity index (χ3v) is 4.84. The fraction of sp³-hybridized carbons (Fsp3) is 0.0500. The van der Waals surface area contributed by atoms with Gasteiger partial charge in [0, 0.05) is 16.0 Å². The minimum Gasteiger partial charge on any atom is -0.483 e. The number of fused-ring (bicyclic) bond motifs is 1. The largest absolute Gasteiger partial charge is 0.483 e. The lowest BCUT2D eigenvalue weighted by molar-refractivity contribution is -0.118. The van der Waals surface area contributed by atoms with Crippen LogP contribution in [-0.4, -0.2) is 44.2 Å². The molecule has 9 nitrogen and oxygen atoms in total. The lowest BCUT2D eigenvalue weighted by atomic mass is 10.1. The van der Waals surface area contributed by atoms with Gasteiger partial charge in [-0.1, -0.05) is 35.3 Å². The number of tetrazole rings is 1. The number of H-pyrrole nitrogens is 1. The Morgan fingerprint density at radius 1 is 1.13 bits per heavy atom. The SMILES string of the molecule is O=C(COc1cc(C(=O)O)cc2cc(Cl)cc(Cl)c12)Nc1ccccc1-c1nn[nH]n1. The van der Waals surface area contributed by atoms with Gasteiger partial charge in [-0.15, -0.1) is 10.2 Å². The molecule has 11 heteroatoms. The molecule has 3 aromatic carbocycles. The first-order valence-corrected chi connectivity index (χ1v) is 9.59. The lowest BCUT2D eigenvalue weighted by Crippen LogP contribution is -2.20. The summed E-state index contributed by atoms with van der Waals surface area (Å²) in [4.78, 5) is 24.0. The zero-order valence-electron chi connectivity index (χ0n) is 15.6. The molecule has 0 saturated carbocycles. The van der Waals surface area contributed by atoms with E-state index < -0.39 is 18.5 Å². The van der Waals surface area contributed by atoms with Crippen molar-refractivity contribution in [2.24, 2.45) is 0 Å². The number of nitrogens with zero attached hydrogens (tertiary/aromatic N) is 3. The predicted octanol–water partition coefficient (Wildman–Crippen LogP) is 4.04. The van der Waals surface area contributed by atoms with Crippen LogP contribution in [0.2, 0.25) is 10.0 Å². The van der Waals surface area contributed by atoms with Crippen LogP contribution in [0.3, 0.4) is 0 Å². The summed E-state index contributed by atoms with van der Waals surface area (Å²) in [5.41, 5.74) is 1.01. The van der Waals surface area contributed by atoms with Gasteiger partial charge >= 0.3 is 5.97 Å². The highest BCUT2D eigenvalue weighted by Gasteiger charge is 2.16. The van der Waals surface area contributed by atoms with E-state index in [1.54, 1.807) is 30.3 Å². The topological polar surface area (TPSA) is 130 Å². The molecule has 0 aliphatic rings. The molecule has 0 saturated heterocycles. The summed E-state index contributed by atoms with van der Waals surface area (Å²) in [5, 5.41) is 27.4. The van der Waals surface area contributed by atoms with Crippen molar-refractivity contribution < 1.29 is 19.4 Å². The maximum absolute atomic E-state index is 12.5. The number of benzene rings is 3.